The van der Waals surface area contributed by atoms with Crippen LogP contribution in [0, 0.1) is 6.92 Å². The largest absolute Gasteiger partial charge is 0.332 e. The van der Waals surface area contributed by atoms with Crippen LogP contribution < -0.4 is 15.4 Å². The molecular weight excluding hydrogens is 396 g/mol. The lowest BCUT2D eigenvalue weighted by Gasteiger charge is -2.19. The van der Waals surface area contributed by atoms with Gasteiger partial charge in [0, 0.05) is 11.4 Å². The summed E-state index contributed by atoms with van der Waals surface area (Å²) in [6.07, 6.45) is 0. The van der Waals surface area contributed by atoms with E-state index in [1.54, 1.807) is 19.1 Å². The fourth-order valence-corrected chi connectivity index (χ4v) is 3.57. The predicted molar refractivity (Wildman–Crippen MR) is 107 cm³/mol. The molecule has 1 fully saturated rings. The summed E-state index contributed by atoms with van der Waals surface area (Å²) in [4.78, 5) is 39.7. The zero-order valence-electron chi connectivity index (χ0n) is 15.8. The summed E-state index contributed by atoms with van der Waals surface area (Å²) in [5.41, 5.74) is 1.76. The van der Waals surface area contributed by atoms with Crippen molar-refractivity contribution in [2.24, 2.45) is 5.14 Å². The molecule has 1 heterocycles. The lowest BCUT2D eigenvalue weighted by molar-refractivity contribution is -0.130. The van der Waals surface area contributed by atoms with E-state index in [-0.39, 0.29) is 10.6 Å². The smallest absolute Gasteiger partial charge is 0.324 e. The number of imide groups is 1. The molecule has 0 aliphatic carbocycles. The monoisotopic (exact) mass is 416 g/mol. The third kappa shape index (κ3) is 4.28. The molecule has 1 aliphatic rings. The number of urea groups is 1. The van der Waals surface area contributed by atoms with Gasteiger partial charge in [-0.1, -0.05) is 23.8 Å². The molecule has 0 spiro atoms. The Morgan fingerprint density at radius 3 is 2.41 bits per heavy atom. The lowest BCUT2D eigenvalue weighted by Crippen LogP contribution is -2.39. The van der Waals surface area contributed by atoms with Gasteiger partial charge >= 0.3 is 6.03 Å². The Labute approximate surface area is 168 Å². The fraction of sp³-hybridized carbons (Fsp3) is 0.211. The van der Waals surface area contributed by atoms with E-state index >= 15 is 0 Å². The van der Waals surface area contributed by atoms with Crippen molar-refractivity contribution in [3.8, 4) is 0 Å². The van der Waals surface area contributed by atoms with E-state index in [0.29, 0.717) is 5.69 Å². The Morgan fingerprint density at radius 1 is 1.14 bits per heavy atom. The van der Waals surface area contributed by atoms with Crippen LogP contribution in [0.25, 0.3) is 0 Å². The number of hydrogen-bond acceptors (Lipinski definition) is 5. The van der Waals surface area contributed by atoms with E-state index in [1.165, 1.54) is 29.2 Å². The number of carbonyl (C=O) groups is 3. The van der Waals surface area contributed by atoms with Crippen molar-refractivity contribution >= 4 is 39.2 Å². The molecule has 9 nitrogen and oxygen atoms in total. The Bertz CT molecular complexity index is 1080. The highest BCUT2D eigenvalue weighted by Gasteiger charge is 2.44. The minimum Gasteiger partial charge on any atom is -0.324 e. The number of anilines is 2. The minimum absolute atomic E-state index is 0.164. The topological polar surface area (TPSA) is 130 Å². The molecule has 3 N–H and O–H groups in total. The second kappa shape index (κ2) is 7.64. The van der Waals surface area contributed by atoms with Gasteiger partial charge in [0.1, 0.15) is 12.6 Å². The van der Waals surface area contributed by atoms with Gasteiger partial charge < -0.3 is 5.32 Å². The molecule has 1 aliphatic heterocycles. The summed E-state index contributed by atoms with van der Waals surface area (Å²) < 4.78 is 22.9. The second-order valence-electron chi connectivity index (χ2n) is 6.71. The molecule has 0 bridgehead atoms. The van der Waals surface area contributed by atoms with Gasteiger partial charge in [0.2, 0.25) is 15.9 Å². The van der Waals surface area contributed by atoms with E-state index in [0.717, 1.165) is 10.5 Å². The first kappa shape index (κ1) is 20.5. The van der Waals surface area contributed by atoms with Crippen LogP contribution in [0.15, 0.2) is 53.4 Å². The highest BCUT2D eigenvalue weighted by Crippen LogP contribution is 2.26. The molecule has 3 rings (SSSR count). The van der Waals surface area contributed by atoms with Crippen molar-refractivity contribution in [1.29, 1.82) is 0 Å². The molecule has 4 amide bonds. The Hall–Kier alpha value is -3.24. The summed E-state index contributed by atoms with van der Waals surface area (Å²) in [5.74, 6) is -1.14. The highest BCUT2D eigenvalue weighted by molar-refractivity contribution is 7.89. The molecule has 2 aromatic carbocycles. The van der Waals surface area contributed by atoms with Crippen LogP contribution in [0.5, 0.6) is 0 Å². The number of sulfonamides is 1. The average Bonchev–Trinajstić information content (AvgIpc) is 2.86. The maximum Gasteiger partial charge on any atom is 0.332 e. The van der Waals surface area contributed by atoms with Crippen molar-refractivity contribution in [2.75, 3.05) is 16.8 Å². The molecule has 29 heavy (non-hydrogen) atoms. The summed E-state index contributed by atoms with van der Waals surface area (Å²) >= 11 is 0. The number of nitrogens with two attached hydrogens (primary N) is 1. The van der Waals surface area contributed by atoms with Gasteiger partial charge in [-0.25, -0.2) is 18.4 Å². The first-order valence-electron chi connectivity index (χ1n) is 8.72. The van der Waals surface area contributed by atoms with Gasteiger partial charge in [0.05, 0.1) is 4.90 Å². The SMILES string of the molecule is Cc1ccc(N2C(=O)N(CC(=O)Nc3cccc(S(N)(=O)=O)c3)C(=O)[C@@H]2C)cc1. The van der Waals surface area contributed by atoms with Crippen molar-refractivity contribution < 1.29 is 22.8 Å². The minimum atomic E-state index is -3.93. The van der Waals surface area contributed by atoms with Crippen molar-refractivity contribution in [3.05, 3.63) is 54.1 Å². The molecule has 0 radical (unpaired) electrons. The summed E-state index contributed by atoms with van der Waals surface area (Å²) in [6.45, 7) is 3.00. The quantitative estimate of drug-likeness (QED) is 0.713. The van der Waals surface area contributed by atoms with Gasteiger partial charge in [0.25, 0.3) is 5.91 Å². The van der Waals surface area contributed by atoms with Crippen LogP contribution in [0.4, 0.5) is 16.2 Å². The van der Waals surface area contributed by atoms with Crippen LogP contribution in [0.3, 0.4) is 0 Å². The zero-order chi connectivity index (χ0) is 21.3. The van der Waals surface area contributed by atoms with E-state index < -0.39 is 40.5 Å². The van der Waals surface area contributed by atoms with Crippen LogP contribution in [-0.2, 0) is 19.6 Å². The van der Waals surface area contributed by atoms with E-state index in [2.05, 4.69) is 5.32 Å². The third-order valence-corrected chi connectivity index (χ3v) is 5.42. The second-order valence-corrected chi connectivity index (χ2v) is 8.27. The van der Waals surface area contributed by atoms with Gasteiger partial charge in [0.15, 0.2) is 0 Å². The maximum absolute atomic E-state index is 12.7. The van der Waals surface area contributed by atoms with E-state index in [4.69, 9.17) is 5.14 Å². The summed E-state index contributed by atoms with van der Waals surface area (Å²) in [5, 5.41) is 7.55. The molecule has 0 saturated carbocycles. The van der Waals surface area contributed by atoms with Crippen LogP contribution in [0.2, 0.25) is 0 Å². The first-order valence-corrected chi connectivity index (χ1v) is 10.3. The maximum atomic E-state index is 12.7. The number of primary sulfonamides is 1. The number of amides is 4. The highest BCUT2D eigenvalue weighted by atomic mass is 32.2. The zero-order valence-corrected chi connectivity index (χ0v) is 16.6. The number of hydrogen-bond donors (Lipinski definition) is 2. The Morgan fingerprint density at radius 2 is 1.79 bits per heavy atom. The molecule has 0 unspecified atom stereocenters. The van der Waals surface area contributed by atoms with Crippen LogP contribution in [-0.4, -0.2) is 43.7 Å². The number of nitrogens with zero attached hydrogens (tertiary/aromatic N) is 2. The predicted octanol–water partition coefficient (Wildman–Crippen LogP) is 1.44. The van der Waals surface area contributed by atoms with Crippen molar-refractivity contribution in [1.82, 2.24) is 4.90 Å². The van der Waals surface area contributed by atoms with Crippen molar-refractivity contribution in [2.45, 2.75) is 24.8 Å². The van der Waals surface area contributed by atoms with Gasteiger partial charge in [-0.05, 0) is 44.2 Å². The number of benzene rings is 2. The number of rotatable bonds is 5. The molecule has 0 aromatic heterocycles. The molecule has 2 aromatic rings. The average molecular weight is 416 g/mol. The first-order chi connectivity index (χ1) is 13.6. The number of nitrogens with one attached hydrogen (secondary N) is 1. The standard InChI is InChI=1S/C19H20N4O5S/c1-12-6-8-15(9-7-12)23-13(2)18(25)22(19(23)26)11-17(24)21-14-4-3-5-16(10-14)29(20,27)28/h3-10,13H,11H2,1-2H3,(H,21,24)(H2,20,27,28)/t13-/m0/s1. The number of carbonyl (C=O) groups excluding carboxylic acids is 3. The molecular formula is C19H20N4O5S. The third-order valence-electron chi connectivity index (χ3n) is 4.51. The molecule has 1 saturated heterocycles. The molecule has 152 valence electrons. The summed E-state index contributed by atoms with van der Waals surface area (Å²) in [6, 6.07) is 11.2. The number of aryl methyl sites for hydroxylation is 1. The van der Waals surface area contributed by atoms with E-state index in [1.807, 2.05) is 19.1 Å². The Balaban J connectivity index is 1.74. The van der Waals surface area contributed by atoms with Gasteiger partial charge in [-0.2, -0.15) is 0 Å². The van der Waals surface area contributed by atoms with Crippen LogP contribution in [0.1, 0.15) is 12.5 Å². The molecule has 10 heteroatoms. The summed E-state index contributed by atoms with van der Waals surface area (Å²) in [7, 11) is -3.93. The Kier molecular flexibility index (Phi) is 5.40. The molecule has 1 atom stereocenters. The van der Waals surface area contributed by atoms with E-state index in [9.17, 15) is 22.8 Å². The van der Waals surface area contributed by atoms with Crippen molar-refractivity contribution in [3.63, 3.8) is 0 Å². The van der Waals surface area contributed by atoms with Crippen LogP contribution >= 0.6 is 0 Å². The van der Waals surface area contributed by atoms with Gasteiger partial charge in [-0.3, -0.25) is 19.4 Å². The normalized spacial score (nSPS) is 17.0. The van der Waals surface area contributed by atoms with Gasteiger partial charge in [-0.15, -0.1) is 0 Å². The fourth-order valence-electron chi connectivity index (χ4n) is 3.01. The lowest BCUT2D eigenvalue weighted by atomic mass is 10.2.